The van der Waals surface area contributed by atoms with Gasteiger partial charge in [0.1, 0.15) is 11.6 Å². The first-order valence-corrected chi connectivity index (χ1v) is 9.30. The molecule has 26 heavy (non-hydrogen) atoms. The van der Waals surface area contributed by atoms with Crippen molar-refractivity contribution in [3.63, 3.8) is 0 Å². The Kier molecular flexibility index (Phi) is 5.78. The first-order valence-electron chi connectivity index (χ1n) is 8.31. The molecule has 7 heteroatoms. The van der Waals surface area contributed by atoms with Crippen LogP contribution >= 0.6 is 11.8 Å². The van der Waals surface area contributed by atoms with E-state index in [0.29, 0.717) is 17.3 Å². The summed E-state index contributed by atoms with van der Waals surface area (Å²) in [5.41, 5.74) is 2.14. The number of rotatable bonds is 7. The van der Waals surface area contributed by atoms with E-state index in [2.05, 4.69) is 15.2 Å². The number of Topliss-reactive ketones (excluding diaryl/α,β-unsaturated/α-hetero) is 1. The van der Waals surface area contributed by atoms with E-state index < -0.39 is 0 Å². The molecule has 0 aliphatic carbocycles. The first-order chi connectivity index (χ1) is 12.6. The molecule has 2 aromatic heterocycles. The SMILES string of the molecule is CCn1c(SCC(=O)Cc2ccc(C)cc2F)nnc1-c1cccnc1. The lowest BCUT2D eigenvalue weighted by atomic mass is 10.1. The second kappa shape index (κ2) is 8.23. The summed E-state index contributed by atoms with van der Waals surface area (Å²) in [6.07, 6.45) is 3.51. The molecule has 0 aliphatic rings. The number of benzene rings is 1. The van der Waals surface area contributed by atoms with Gasteiger partial charge in [-0.2, -0.15) is 0 Å². The van der Waals surface area contributed by atoms with Gasteiger partial charge in [0.05, 0.1) is 5.75 Å². The highest BCUT2D eigenvalue weighted by Crippen LogP contribution is 2.23. The van der Waals surface area contributed by atoms with Crippen LogP contribution in [0.2, 0.25) is 0 Å². The summed E-state index contributed by atoms with van der Waals surface area (Å²) in [5, 5.41) is 9.09. The minimum Gasteiger partial charge on any atom is -0.302 e. The second-order valence-electron chi connectivity index (χ2n) is 5.89. The van der Waals surface area contributed by atoms with Crippen LogP contribution in [0.15, 0.2) is 47.9 Å². The number of hydrogen-bond acceptors (Lipinski definition) is 5. The van der Waals surface area contributed by atoms with E-state index in [1.807, 2.05) is 36.6 Å². The molecule has 0 aliphatic heterocycles. The normalized spacial score (nSPS) is 10.9. The van der Waals surface area contributed by atoms with Gasteiger partial charge in [-0.15, -0.1) is 10.2 Å². The first kappa shape index (κ1) is 18.3. The van der Waals surface area contributed by atoms with Crippen LogP contribution in [0.1, 0.15) is 18.1 Å². The quantitative estimate of drug-likeness (QED) is 0.593. The number of halogens is 1. The molecular formula is C19H19FN4OS. The van der Waals surface area contributed by atoms with Crippen molar-refractivity contribution in [2.75, 3.05) is 5.75 Å². The molecule has 0 bridgehead atoms. The van der Waals surface area contributed by atoms with E-state index in [1.54, 1.807) is 18.5 Å². The summed E-state index contributed by atoms with van der Waals surface area (Å²) in [6.45, 7) is 4.50. The van der Waals surface area contributed by atoms with Gasteiger partial charge < -0.3 is 4.57 Å². The number of pyridine rings is 1. The van der Waals surface area contributed by atoms with E-state index >= 15 is 0 Å². The Balaban J connectivity index is 1.68. The van der Waals surface area contributed by atoms with Crippen LogP contribution in [-0.4, -0.2) is 31.3 Å². The number of carbonyl (C=O) groups is 1. The van der Waals surface area contributed by atoms with Crippen molar-refractivity contribution in [2.24, 2.45) is 0 Å². The standard InChI is InChI=1S/C19H19FN4OS/c1-3-24-18(15-5-4-8-21-11-15)22-23-19(24)26-12-16(25)10-14-7-6-13(2)9-17(14)20/h4-9,11H,3,10,12H2,1-2H3. The molecule has 1 aromatic carbocycles. The lowest BCUT2D eigenvalue weighted by molar-refractivity contribution is -0.116. The molecule has 0 fully saturated rings. The van der Waals surface area contributed by atoms with Gasteiger partial charge in [-0.05, 0) is 43.2 Å². The molecule has 0 amide bonds. The van der Waals surface area contributed by atoms with Gasteiger partial charge in [-0.25, -0.2) is 4.39 Å². The van der Waals surface area contributed by atoms with Crippen LogP contribution in [0, 0.1) is 12.7 Å². The highest BCUT2D eigenvalue weighted by Gasteiger charge is 2.15. The van der Waals surface area contributed by atoms with Crippen molar-refractivity contribution in [3.05, 3.63) is 59.7 Å². The number of ketones is 1. The average molecular weight is 370 g/mol. The van der Waals surface area contributed by atoms with E-state index in [1.165, 1.54) is 17.8 Å². The highest BCUT2D eigenvalue weighted by atomic mass is 32.2. The van der Waals surface area contributed by atoms with Gasteiger partial charge in [0.25, 0.3) is 0 Å². The highest BCUT2D eigenvalue weighted by molar-refractivity contribution is 7.99. The van der Waals surface area contributed by atoms with E-state index in [-0.39, 0.29) is 23.8 Å². The smallest absolute Gasteiger partial charge is 0.191 e. The Bertz CT molecular complexity index is 911. The Morgan fingerprint density at radius 2 is 2.12 bits per heavy atom. The molecule has 0 atom stereocenters. The maximum Gasteiger partial charge on any atom is 0.191 e. The molecule has 0 saturated carbocycles. The van der Waals surface area contributed by atoms with Crippen LogP contribution < -0.4 is 0 Å². The molecule has 0 spiro atoms. The maximum absolute atomic E-state index is 13.9. The largest absolute Gasteiger partial charge is 0.302 e. The van der Waals surface area contributed by atoms with Gasteiger partial charge in [0.15, 0.2) is 11.0 Å². The summed E-state index contributed by atoms with van der Waals surface area (Å²) in [6, 6.07) is 8.69. The zero-order valence-electron chi connectivity index (χ0n) is 14.6. The third-order valence-electron chi connectivity index (χ3n) is 3.91. The Hall–Kier alpha value is -2.54. The number of aromatic nitrogens is 4. The molecule has 3 aromatic rings. The summed E-state index contributed by atoms with van der Waals surface area (Å²) < 4.78 is 15.8. The molecule has 134 valence electrons. The van der Waals surface area contributed by atoms with Crippen molar-refractivity contribution in [2.45, 2.75) is 32.0 Å². The summed E-state index contributed by atoms with van der Waals surface area (Å²) in [7, 11) is 0. The maximum atomic E-state index is 13.9. The molecule has 5 nitrogen and oxygen atoms in total. The van der Waals surface area contributed by atoms with Crippen molar-refractivity contribution >= 4 is 17.5 Å². The fourth-order valence-corrected chi connectivity index (χ4v) is 3.46. The predicted octanol–water partition coefficient (Wildman–Crippen LogP) is 3.71. The Morgan fingerprint density at radius 1 is 1.27 bits per heavy atom. The molecule has 0 radical (unpaired) electrons. The molecule has 3 rings (SSSR count). The van der Waals surface area contributed by atoms with Gasteiger partial charge >= 0.3 is 0 Å². The van der Waals surface area contributed by atoms with Crippen LogP contribution in [-0.2, 0) is 17.8 Å². The fraction of sp³-hybridized carbons (Fsp3) is 0.263. The zero-order valence-corrected chi connectivity index (χ0v) is 15.5. The molecule has 0 N–H and O–H groups in total. The lowest BCUT2D eigenvalue weighted by Crippen LogP contribution is -2.09. The molecule has 0 unspecified atom stereocenters. The second-order valence-corrected chi connectivity index (χ2v) is 6.83. The van der Waals surface area contributed by atoms with Crippen molar-refractivity contribution in [3.8, 4) is 11.4 Å². The third kappa shape index (κ3) is 4.16. The summed E-state index contributed by atoms with van der Waals surface area (Å²) in [4.78, 5) is 16.3. The third-order valence-corrected chi connectivity index (χ3v) is 4.94. The molecular weight excluding hydrogens is 351 g/mol. The van der Waals surface area contributed by atoms with E-state index in [4.69, 9.17) is 0 Å². The minimum absolute atomic E-state index is 0.0497. The van der Waals surface area contributed by atoms with Crippen LogP contribution in [0.4, 0.5) is 4.39 Å². The monoisotopic (exact) mass is 370 g/mol. The van der Waals surface area contributed by atoms with Crippen LogP contribution in [0.5, 0.6) is 0 Å². The number of aryl methyl sites for hydroxylation is 1. The predicted molar refractivity (Wildman–Crippen MR) is 99.5 cm³/mol. The Labute approximate surface area is 155 Å². The number of nitrogens with zero attached hydrogens (tertiary/aromatic N) is 4. The lowest BCUT2D eigenvalue weighted by Gasteiger charge is -2.07. The van der Waals surface area contributed by atoms with Gasteiger partial charge in [0.2, 0.25) is 0 Å². The molecule has 0 saturated heterocycles. The number of hydrogen-bond donors (Lipinski definition) is 0. The van der Waals surface area contributed by atoms with Gasteiger partial charge in [-0.3, -0.25) is 9.78 Å². The van der Waals surface area contributed by atoms with E-state index in [0.717, 1.165) is 17.0 Å². The van der Waals surface area contributed by atoms with Crippen molar-refractivity contribution in [1.82, 2.24) is 19.7 Å². The van der Waals surface area contributed by atoms with Crippen molar-refractivity contribution < 1.29 is 9.18 Å². The number of carbonyl (C=O) groups excluding carboxylic acids is 1. The molecule has 2 heterocycles. The minimum atomic E-state index is -0.334. The average Bonchev–Trinajstić information content (AvgIpc) is 3.06. The summed E-state index contributed by atoms with van der Waals surface area (Å²) >= 11 is 1.32. The summed E-state index contributed by atoms with van der Waals surface area (Å²) in [5.74, 6) is 0.559. The fourth-order valence-electron chi connectivity index (χ4n) is 2.59. The topological polar surface area (TPSA) is 60.7 Å². The van der Waals surface area contributed by atoms with Crippen LogP contribution in [0.3, 0.4) is 0 Å². The van der Waals surface area contributed by atoms with Crippen molar-refractivity contribution in [1.29, 1.82) is 0 Å². The number of thioether (sulfide) groups is 1. The van der Waals surface area contributed by atoms with Gasteiger partial charge in [0, 0.05) is 30.9 Å². The zero-order chi connectivity index (χ0) is 18.5. The Morgan fingerprint density at radius 3 is 2.81 bits per heavy atom. The van der Waals surface area contributed by atoms with Gasteiger partial charge in [-0.1, -0.05) is 23.9 Å². The van der Waals surface area contributed by atoms with Crippen LogP contribution in [0.25, 0.3) is 11.4 Å². The van der Waals surface area contributed by atoms with E-state index in [9.17, 15) is 9.18 Å².